The summed E-state index contributed by atoms with van der Waals surface area (Å²) in [5.74, 6) is -0.302. The Balaban J connectivity index is 1.89. The van der Waals surface area contributed by atoms with E-state index in [1.165, 1.54) is 0 Å². The van der Waals surface area contributed by atoms with Gasteiger partial charge in [-0.1, -0.05) is 72.3 Å². The summed E-state index contributed by atoms with van der Waals surface area (Å²) in [6.07, 6.45) is 1.94. The van der Waals surface area contributed by atoms with Gasteiger partial charge in [-0.25, -0.2) is 0 Å². The van der Waals surface area contributed by atoms with Crippen molar-refractivity contribution in [3.63, 3.8) is 0 Å². The van der Waals surface area contributed by atoms with E-state index >= 15 is 0 Å². The van der Waals surface area contributed by atoms with Gasteiger partial charge in [0.25, 0.3) is 0 Å². The van der Waals surface area contributed by atoms with Crippen LogP contribution in [0.4, 0.5) is 0 Å². The Morgan fingerprint density at radius 3 is 2.28 bits per heavy atom. The molecule has 0 aliphatic heterocycles. The molecule has 0 radical (unpaired) electrons. The molecule has 4 rings (SSSR count). The van der Waals surface area contributed by atoms with Crippen molar-refractivity contribution in [3.8, 4) is 0 Å². The van der Waals surface area contributed by atoms with E-state index in [1.807, 2.05) is 85.1 Å². The van der Waals surface area contributed by atoms with Crippen LogP contribution in [0.5, 0.6) is 0 Å². The zero-order valence-electron chi connectivity index (χ0n) is 13.4. The Kier molecular flexibility index (Phi) is 4.12. The van der Waals surface area contributed by atoms with E-state index in [9.17, 15) is 4.79 Å². The normalized spacial score (nSPS) is 12.2. The number of H-pyrrole nitrogens is 1. The number of fused-ring (bicyclic) bond motifs is 1. The molecule has 0 aliphatic rings. The smallest absolute Gasteiger partial charge is 0.174 e. The molecule has 4 aromatic rings. The number of Topliss-reactive ketones (excluding diaryl/α,β-unsaturated/α-hetero) is 1. The van der Waals surface area contributed by atoms with Crippen molar-refractivity contribution < 1.29 is 4.79 Å². The maximum atomic E-state index is 13.3. The molecule has 2 nitrogen and oxygen atoms in total. The van der Waals surface area contributed by atoms with Crippen LogP contribution in [-0.4, -0.2) is 10.8 Å². The van der Waals surface area contributed by atoms with E-state index in [0.717, 1.165) is 22.0 Å². The molecule has 1 heterocycles. The van der Waals surface area contributed by atoms with Crippen molar-refractivity contribution in [1.82, 2.24) is 4.98 Å². The third-order valence-corrected chi connectivity index (χ3v) is 4.71. The van der Waals surface area contributed by atoms with Crippen LogP contribution in [0.15, 0.2) is 85.1 Å². The van der Waals surface area contributed by atoms with Gasteiger partial charge in [-0.3, -0.25) is 4.79 Å². The van der Waals surface area contributed by atoms with Gasteiger partial charge < -0.3 is 4.98 Å². The van der Waals surface area contributed by atoms with E-state index in [0.29, 0.717) is 10.6 Å². The highest BCUT2D eigenvalue weighted by molar-refractivity contribution is 6.30. The second-order valence-corrected chi connectivity index (χ2v) is 6.44. The van der Waals surface area contributed by atoms with Crippen LogP contribution in [0.3, 0.4) is 0 Å². The first-order chi connectivity index (χ1) is 12.2. The van der Waals surface area contributed by atoms with E-state index in [1.54, 1.807) is 0 Å². The molecule has 1 atom stereocenters. The van der Waals surface area contributed by atoms with Gasteiger partial charge in [-0.05, 0) is 29.3 Å². The zero-order chi connectivity index (χ0) is 17.2. The van der Waals surface area contributed by atoms with Crippen LogP contribution < -0.4 is 0 Å². The fraction of sp³-hybridized carbons (Fsp3) is 0.0455. The number of benzene rings is 3. The van der Waals surface area contributed by atoms with E-state index in [-0.39, 0.29) is 11.7 Å². The monoisotopic (exact) mass is 345 g/mol. The molecule has 0 aliphatic carbocycles. The van der Waals surface area contributed by atoms with E-state index < -0.39 is 0 Å². The minimum atomic E-state index is -0.379. The Morgan fingerprint density at radius 1 is 0.840 bits per heavy atom. The third-order valence-electron chi connectivity index (χ3n) is 4.46. The van der Waals surface area contributed by atoms with Crippen LogP contribution in [0.25, 0.3) is 10.9 Å². The highest BCUT2D eigenvalue weighted by atomic mass is 35.5. The van der Waals surface area contributed by atoms with Crippen LogP contribution in [0, 0.1) is 0 Å². The molecule has 3 aromatic carbocycles. The summed E-state index contributed by atoms with van der Waals surface area (Å²) in [7, 11) is 0. The lowest BCUT2D eigenvalue weighted by molar-refractivity contribution is 0.0974. The molecule has 0 bridgehead atoms. The topological polar surface area (TPSA) is 32.9 Å². The molecule has 1 aromatic heterocycles. The highest BCUT2D eigenvalue weighted by Crippen LogP contribution is 2.34. The van der Waals surface area contributed by atoms with Crippen molar-refractivity contribution in [2.75, 3.05) is 0 Å². The number of halogens is 1. The molecule has 122 valence electrons. The molecule has 0 saturated carbocycles. The Morgan fingerprint density at radius 2 is 1.52 bits per heavy atom. The van der Waals surface area contributed by atoms with E-state index in [4.69, 9.17) is 11.6 Å². The summed E-state index contributed by atoms with van der Waals surface area (Å²) in [5, 5.41) is 1.72. The number of aromatic nitrogens is 1. The van der Waals surface area contributed by atoms with Gasteiger partial charge in [0, 0.05) is 27.7 Å². The number of rotatable bonds is 4. The standard InChI is InChI=1S/C22H16ClNO/c23-17-12-10-15(11-13-17)21(22(25)16-6-2-1-3-7-16)19-14-24-20-9-5-4-8-18(19)20/h1-14,21,24H. The Labute approximate surface area is 151 Å². The van der Waals surface area contributed by atoms with Gasteiger partial charge in [0.05, 0.1) is 5.92 Å². The summed E-state index contributed by atoms with van der Waals surface area (Å²) < 4.78 is 0. The number of carbonyl (C=O) groups is 1. The molecule has 0 amide bonds. The average Bonchev–Trinajstić information content (AvgIpc) is 3.08. The third kappa shape index (κ3) is 2.97. The van der Waals surface area contributed by atoms with Crippen molar-refractivity contribution >= 4 is 28.3 Å². The number of hydrogen-bond acceptors (Lipinski definition) is 1. The van der Waals surface area contributed by atoms with Crippen molar-refractivity contribution in [2.24, 2.45) is 0 Å². The van der Waals surface area contributed by atoms with Gasteiger partial charge in [0.15, 0.2) is 5.78 Å². The minimum Gasteiger partial charge on any atom is -0.361 e. The van der Waals surface area contributed by atoms with Crippen molar-refractivity contribution in [3.05, 3.63) is 107 Å². The van der Waals surface area contributed by atoms with Gasteiger partial charge in [-0.2, -0.15) is 0 Å². The summed E-state index contributed by atoms with van der Waals surface area (Å²) in [4.78, 5) is 16.6. The molecule has 0 fully saturated rings. The first kappa shape index (κ1) is 15.7. The Hall–Kier alpha value is -2.84. The predicted molar refractivity (Wildman–Crippen MR) is 102 cm³/mol. The molecule has 1 N–H and O–H groups in total. The maximum absolute atomic E-state index is 13.3. The number of hydrogen-bond donors (Lipinski definition) is 1. The quantitative estimate of drug-likeness (QED) is 0.463. The molecular formula is C22H16ClNO. The molecule has 0 saturated heterocycles. The number of carbonyl (C=O) groups excluding carboxylic acids is 1. The highest BCUT2D eigenvalue weighted by Gasteiger charge is 2.26. The van der Waals surface area contributed by atoms with Crippen LogP contribution in [-0.2, 0) is 0 Å². The maximum Gasteiger partial charge on any atom is 0.174 e. The number of aromatic amines is 1. The first-order valence-corrected chi connectivity index (χ1v) is 8.52. The van der Waals surface area contributed by atoms with Gasteiger partial charge in [0.2, 0.25) is 0 Å². The second-order valence-electron chi connectivity index (χ2n) is 6.00. The summed E-state index contributed by atoms with van der Waals surface area (Å²) in [6, 6.07) is 25.0. The number of para-hydroxylation sites is 1. The van der Waals surface area contributed by atoms with Crippen LogP contribution >= 0.6 is 11.6 Å². The lowest BCUT2D eigenvalue weighted by Crippen LogP contribution is -2.14. The summed E-state index contributed by atoms with van der Waals surface area (Å²) >= 11 is 6.04. The van der Waals surface area contributed by atoms with Gasteiger partial charge >= 0.3 is 0 Å². The largest absolute Gasteiger partial charge is 0.361 e. The van der Waals surface area contributed by atoms with Crippen LogP contribution in [0.1, 0.15) is 27.4 Å². The van der Waals surface area contributed by atoms with Gasteiger partial charge in [-0.15, -0.1) is 0 Å². The van der Waals surface area contributed by atoms with Gasteiger partial charge in [0.1, 0.15) is 0 Å². The minimum absolute atomic E-state index is 0.0766. The summed E-state index contributed by atoms with van der Waals surface area (Å²) in [6.45, 7) is 0. The van der Waals surface area contributed by atoms with Crippen molar-refractivity contribution in [2.45, 2.75) is 5.92 Å². The fourth-order valence-corrected chi connectivity index (χ4v) is 3.36. The lowest BCUT2D eigenvalue weighted by Gasteiger charge is -2.16. The first-order valence-electron chi connectivity index (χ1n) is 8.15. The molecule has 3 heteroatoms. The molecular weight excluding hydrogens is 330 g/mol. The molecule has 1 unspecified atom stereocenters. The Bertz CT molecular complexity index is 1020. The molecule has 25 heavy (non-hydrogen) atoms. The molecule has 0 spiro atoms. The van der Waals surface area contributed by atoms with Crippen LogP contribution in [0.2, 0.25) is 5.02 Å². The van der Waals surface area contributed by atoms with E-state index in [2.05, 4.69) is 4.98 Å². The number of nitrogens with one attached hydrogen (secondary N) is 1. The SMILES string of the molecule is O=C(c1ccccc1)C(c1ccc(Cl)cc1)c1c[nH]c2ccccc12. The number of ketones is 1. The summed E-state index contributed by atoms with van der Waals surface area (Å²) in [5.41, 5.74) is 3.64. The second kappa shape index (κ2) is 6.58. The zero-order valence-corrected chi connectivity index (χ0v) is 14.2. The lowest BCUT2D eigenvalue weighted by atomic mass is 9.84. The predicted octanol–water partition coefficient (Wildman–Crippen LogP) is 5.84. The average molecular weight is 346 g/mol. The van der Waals surface area contributed by atoms with Crippen molar-refractivity contribution in [1.29, 1.82) is 0 Å². The fourth-order valence-electron chi connectivity index (χ4n) is 3.23.